The van der Waals surface area contributed by atoms with Crippen LogP contribution in [0, 0.1) is 16.0 Å². The Labute approximate surface area is 116 Å². The van der Waals surface area contributed by atoms with Crippen molar-refractivity contribution in [1.29, 1.82) is 0 Å². The van der Waals surface area contributed by atoms with Gasteiger partial charge in [0.2, 0.25) is 0 Å². The Hall–Kier alpha value is -1.95. The Morgan fingerprint density at radius 3 is 2.40 bits per heavy atom. The van der Waals surface area contributed by atoms with Crippen molar-refractivity contribution < 1.29 is 14.5 Å². The fourth-order valence-electron chi connectivity index (χ4n) is 2.97. The number of fused-ring (bicyclic) bond motifs is 3. The lowest BCUT2D eigenvalue weighted by Crippen LogP contribution is -2.51. The van der Waals surface area contributed by atoms with E-state index in [1.165, 1.54) is 24.3 Å². The molecule has 4 rings (SSSR count). The van der Waals surface area contributed by atoms with Gasteiger partial charge in [0, 0.05) is 18.7 Å². The SMILES string of the molecule is O=C(O[C@H]1CN2CCC1CC2)c1ccc([N+](=O)[O-])cc1. The van der Waals surface area contributed by atoms with Crippen molar-refractivity contribution in [2.24, 2.45) is 5.92 Å². The number of piperidine rings is 3. The van der Waals surface area contributed by atoms with Crippen molar-refractivity contribution in [2.75, 3.05) is 19.6 Å². The third-order valence-electron chi connectivity index (χ3n) is 4.17. The molecule has 2 bridgehead atoms. The Morgan fingerprint density at radius 1 is 1.25 bits per heavy atom. The van der Waals surface area contributed by atoms with Gasteiger partial charge in [0.25, 0.3) is 5.69 Å². The molecule has 0 unspecified atom stereocenters. The van der Waals surface area contributed by atoms with Crippen LogP contribution in [0.25, 0.3) is 0 Å². The summed E-state index contributed by atoms with van der Waals surface area (Å²) in [5.74, 6) is 0.0700. The van der Waals surface area contributed by atoms with E-state index in [1.54, 1.807) is 0 Å². The smallest absolute Gasteiger partial charge is 0.338 e. The quantitative estimate of drug-likeness (QED) is 0.478. The van der Waals surface area contributed by atoms with Crippen LogP contribution in [0.15, 0.2) is 24.3 Å². The molecule has 0 N–H and O–H groups in total. The van der Waals surface area contributed by atoms with Crippen LogP contribution in [-0.4, -0.2) is 41.5 Å². The molecule has 1 aromatic rings. The topological polar surface area (TPSA) is 72.7 Å². The lowest BCUT2D eigenvalue weighted by atomic mass is 9.86. The summed E-state index contributed by atoms with van der Waals surface area (Å²) >= 11 is 0. The molecule has 3 aliphatic heterocycles. The lowest BCUT2D eigenvalue weighted by Gasteiger charge is -2.43. The van der Waals surface area contributed by atoms with E-state index in [4.69, 9.17) is 4.74 Å². The molecule has 0 amide bonds. The molecule has 3 heterocycles. The summed E-state index contributed by atoms with van der Waals surface area (Å²) in [7, 11) is 0. The molecule has 3 saturated heterocycles. The van der Waals surface area contributed by atoms with Gasteiger partial charge < -0.3 is 4.74 Å². The Kier molecular flexibility index (Phi) is 3.40. The zero-order valence-corrected chi connectivity index (χ0v) is 11.0. The van der Waals surface area contributed by atoms with Crippen molar-refractivity contribution in [1.82, 2.24) is 4.90 Å². The zero-order chi connectivity index (χ0) is 14.1. The van der Waals surface area contributed by atoms with Crippen molar-refractivity contribution in [3.05, 3.63) is 39.9 Å². The van der Waals surface area contributed by atoms with Crippen molar-refractivity contribution >= 4 is 11.7 Å². The number of nitro groups is 1. The van der Waals surface area contributed by atoms with Gasteiger partial charge in [0.05, 0.1) is 10.5 Å². The fourth-order valence-corrected chi connectivity index (χ4v) is 2.97. The summed E-state index contributed by atoms with van der Waals surface area (Å²) in [4.78, 5) is 24.5. The predicted molar refractivity (Wildman–Crippen MR) is 71.5 cm³/mol. The largest absolute Gasteiger partial charge is 0.457 e. The first-order chi connectivity index (χ1) is 9.63. The van der Waals surface area contributed by atoms with Crippen molar-refractivity contribution in [3.63, 3.8) is 0 Å². The molecule has 0 aromatic heterocycles. The predicted octanol–water partition coefficient (Wildman–Crippen LogP) is 1.85. The number of non-ortho nitro benzene ring substituents is 1. The lowest BCUT2D eigenvalue weighted by molar-refractivity contribution is -0.384. The molecule has 0 spiro atoms. The van der Waals surface area contributed by atoms with E-state index in [9.17, 15) is 14.9 Å². The van der Waals surface area contributed by atoms with E-state index in [1.807, 2.05) is 0 Å². The van der Waals surface area contributed by atoms with Crippen LogP contribution in [-0.2, 0) is 4.74 Å². The van der Waals surface area contributed by atoms with Gasteiger partial charge in [0.1, 0.15) is 6.10 Å². The number of rotatable bonds is 3. The van der Waals surface area contributed by atoms with Crippen LogP contribution < -0.4 is 0 Å². The van der Waals surface area contributed by atoms with Gasteiger partial charge >= 0.3 is 5.97 Å². The van der Waals surface area contributed by atoms with Crippen LogP contribution >= 0.6 is 0 Å². The third kappa shape index (κ3) is 2.51. The minimum atomic E-state index is -0.484. The molecule has 0 radical (unpaired) electrons. The number of carbonyl (C=O) groups is 1. The molecule has 1 atom stereocenters. The number of esters is 1. The average Bonchev–Trinajstić information content (AvgIpc) is 2.48. The number of carbonyl (C=O) groups excluding carboxylic acids is 1. The van der Waals surface area contributed by atoms with Gasteiger partial charge in [-0.3, -0.25) is 15.0 Å². The minimum Gasteiger partial charge on any atom is -0.457 e. The molecular weight excluding hydrogens is 260 g/mol. The average molecular weight is 276 g/mol. The molecule has 106 valence electrons. The molecule has 0 saturated carbocycles. The second-order valence-corrected chi connectivity index (χ2v) is 5.39. The summed E-state index contributed by atoms with van der Waals surface area (Å²) < 4.78 is 5.56. The normalized spacial score (nSPS) is 28.1. The standard InChI is InChI=1S/C14H16N2O4/c17-14(11-1-3-12(4-2-11)16(18)19)20-13-9-15-7-5-10(13)6-8-15/h1-4,10,13H,5-9H2/t13-/m0/s1. The maximum atomic E-state index is 12.1. The highest BCUT2D eigenvalue weighted by molar-refractivity contribution is 5.89. The minimum absolute atomic E-state index is 0.0237. The Balaban J connectivity index is 1.65. The summed E-state index contributed by atoms with van der Waals surface area (Å²) in [6.45, 7) is 3.00. The molecule has 6 heteroatoms. The third-order valence-corrected chi connectivity index (χ3v) is 4.17. The molecule has 1 aromatic carbocycles. The first kappa shape index (κ1) is 13.1. The second-order valence-electron chi connectivity index (χ2n) is 5.39. The molecule has 6 nitrogen and oxygen atoms in total. The Morgan fingerprint density at radius 2 is 1.90 bits per heavy atom. The monoisotopic (exact) mass is 276 g/mol. The van der Waals surface area contributed by atoms with E-state index in [0.717, 1.165) is 32.5 Å². The number of nitrogens with zero attached hydrogens (tertiary/aromatic N) is 2. The van der Waals surface area contributed by atoms with Gasteiger partial charge in [-0.1, -0.05) is 0 Å². The first-order valence-corrected chi connectivity index (χ1v) is 6.81. The van der Waals surface area contributed by atoms with Crippen LogP contribution in [0.5, 0.6) is 0 Å². The van der Waals surface area contributed by atoms with E-state index in [-0.39, 0.29) is 11.8 Å². The highest BCUT2D eigenvalue weighted by Gasteiger charge is 2.36. The summed E-state index contributed by atoms with van der Waals surface area (Å²) in [6, 6.07) is 5.55. The maximum Gasteiger partial charge on any atom is 0.338 e. The van der Waals surface area contributed by atoms with Crippen molar-refractivity contribution in [2.45, 2.75) is 18.9 Å². The summed E-state index contributed by atoms with van der Waals surface area (Å²) in [6.07, 6.45) is 2.12. The number of benzene rings is 1. The van der Waals surface area contributed by atoms with Crippen LogP contribution in [0.2, 0.25) is 0 Å². The fraction of sp³-hybridized carbons (Fsp3) is 0.500. The van der Waals surface area contributed by atoms with Crippen LogP contribution in [0.3, 0.4) is 0 Å². The highest BCUT2D eigenvalue weighted by atomic mass is 16.6. The van der Waals surface area contributed by atoms with Gasteiger partial charge in [-0.05, 0) is 44.0 Å². The van der Waals surface area contributed by atoms with Gasteiger partial charge in [0.15, 0.2) is 0 Å². The van der Waals surface area contributed by atoms with E-state index in [0.29, 0.717) is 11.5 Å². The highest BCUT2D eigenvalue weighted by Crippen LogP contribution is 2.30. The summed E-state index contributed by atoms with van der Waals surface area (Å²) in [5, 5.41) is 10.6. The van der Waals surface area contributed by atoms with E-state index in [2.05, 4.69) is 4.90 Å². The molecule has 3 aliphatic rings. The zero-order valence-electron chi connectivity index (χ0n) is 11.0. The van der Waals surface area contributed by atoms with Crippen LogP contribution in [0.4, 0.5) is 5.69 Å². The maximum absolute atomic E-state index is 12.1. The van der Waals surface area contributed by atoms with Gasteiger partial charge in [-0.2, -0.15) is 0 Å². The van der Waals surface area contributed by atoms with E-state index < -0.39 is 10.9 Å². The molecule has 0 aliphatic carbocycles. The number of hydrogen-bond donors (Lipinski definition) is 0. The Bertz CT molecular complexity index is 520. The molecular formula is C14H16N2O4. The summed E-state index contributed by atoms with van der Waals surface area (Å²) in [5.41, 5.74) is 0.344. The molecule has 3 fully saturated rings. The van der Waals surface area contributed by atoms with Gasteiger partial charge in [-0.15, -0.1) is 0 Å². The van der Waals surface area contributed by atoms with Gasteiger partial charge in [-0.25, -0.2) is 4.79 Å². The molecule has 20 heavy (non-hydrogen) atoms. The number of nitro benzene ring substituents is 1. The number of hydrogen-bond acceptors (Lipinski definition) is 5. The number of ether oxygens (including phenoxy) is 1. The first-order valence-electron chi connectivity index (χ1n) is 6.81. The van der Waals surface area contributed by atoms with Crippen LogP contribution in [0.1, 0.15) is 23.2 Å². The van der Waals surface area contributed by atoms with E-state index >= 15 is 0 Å². The second kappa shape index (κ2) is 5.20. The van der Waals surface area contributed by atoms with Crippen molar-refractivity contribution in [3.8, 4) is 0 Å².